The van der Waals surface area contributed by atoms with E-state index in [1.807, 2.05) is 61.2 Å². The van der Waals surface area contributed by atoms with E-state index in [0.717, 1.165) is 35.5 Å². The zero-order valence-corrected chi connectivity index (χ0v) is 22.5. The van der Waals surface area contributed by atoms with Gasteiger partial charge in [-0.25, -0.2) is 9.37 Å². The molecule has 0 bridgehead atoms. The van der Waals surface area contributed by atoms with Crippen molar-refractivity contribution in [3.8, 4) is 22.6 Å². The molecule has 0 spiro atoms. The number of methoxy groups -OCH3 is 1. The minimum atomic E-state index is -0.319. The number of aromatic nitrogens is 2. The molecule has 39 heavy (non-hydrogen) atoms. The molecule has 1 saturated heterocycles. The van der Waals surface area contributed by atoms with Crippen LogP contribution >= 0.6 is 0 Å². The van der Waals surface area contributed by atoms with Gasteiger partial charge in [0, 0.05) is 43.3 Å². The maximum Gasteiger partial charge on any atom is 0.270 e. The first-order chi connectivity index (χ1) is 18.9. The number of anilines is 1. The Balaban J connectivity index is 1.29. The predicted molar refractivity (Wildman–Crippen MR) is 150 cm³/mol. The lowest BCUT2D eigenvalue weighted by Crippen LogP contribution is -2.49. The molecule has 0 radical (unpaired) electrons. The second-order valence-electron chi connectivity index (χ2n) is 10.6. The van der Waals surface area contributed by atoms with Gasteiger partial charge in [-0.15, -0.1) is 0 Å². The summed E-state index contributed by atoms with van der Waals surface area (Å²) < 4.78 is 27.3. The molecule has 1 amide bonds. The third-order valence-corrected chi connectivity index (χ3v) is 7.57. The van der Waals surface area contributed by atoms with E-state index in [1.165, 1.54) is 0 Å². The minimum absolute atomic E-state index is 0.0289. The molecule has 2 aliphatic rings. The summed E-state index contributed by atoms with van der Waals surface area (Å²) in [4.78, 5) is 25.3. The van der Waals surface area contributed by atoms with Gasteiger partial charge < -0.3 is 24.3 Å². The molecule has 2 aromatic heterocycles. The molecular weight excluding hydrogens is 495 g/mol. The van der Waals surface area contributed by atoms with Gasteiger partial charge in [0.1, 0.15) is 11.4 Å². The number of hydrogen-bond acceptors (Lipinski definition) is 5. The number of aromatic amines is 1. The van der Waals surface area contributed by atoms with Gasteiger partial charge >= 0.3 is 0 Å². The topological polar surface area (TPSA) is 70.7 Å². The van der Waals surface area contributed by atoms with Crippen molar-refractivity contribution in [2.45, 2.75) is 38.7 Å². The standard InChI is InChI=1S/C31H33FN4O3/c1-19(2)22-17-23(21-7-4-5-8-26(21)38-3)24-18-25(34-29(24)28(22)32)31(37)36-15-13-35(14-16-36)30-27(9-6-12-33-30)39-20-10-11-20/h4-9,12,17-20,34H,10-11,13-16H2,1-3H3. The van der Waals surface area contributed by atoms with E-state index in [0.29, 0.717) is 54.1 Å². The molecule has 1 N–H and O–H groups in total. The highest BCUT2D eigenvalue weighted by atomic mass is 19.1. The number of amides is 1. The van der Waals surface area contributed by atoms with E-state index in [1.54, 1.807) is 19.4 Å². The fraction of sp³-hybridized carbons (Fsp3) is 0.355. The highest BCUT2D eigenvalue weighted by Crippen LogP contribution is 2.39. The van der Waals surface area contributed by atoms with Gasteiger partial charge in [0.15, 0.2) is 17.4 Å². The van der Waals surface area contributed by atoms with Crippen LogP contribution in [0.3, 0.4) is 0 Å². The van der Waals surface area contributed by atoms with Crippen molar-refractivity contribution in [3.63, 3.8) is 0 Å². The molecule has 3 heterocycles. The highest BCUT2D eigenvalue weighted by molar-refractivity contribution is 6.04. The number of halogens is 1. The number of fused-ring (bicyclic) bond motifs is 1. The molecule has 4 aromatic rings. The van der Waals surface area contributed by atoms with Crippen LogP contribution in [0.25, 0.3) is 22.0 Å². The summed E-state index contributed by atoms with van der Waals surface area (Å²) in [5.74, 6) is 1.84. The SMILES string of the molecule is COc1ccccc1-c1cc(C(C)C)c(F)c2[nH]c(C(=O)N3CCN(c4ncccc4OC4CC4)CC3)cc12. The van der Waals surface area contributed by atoms with Crippen LogP contribution in [0.15, 0.2) is 54.7 Å². The third kappa shape index (κ3) is 4.80. The molecular formula is C31H33FN4O3. The minimum Gasteiger partial charge on any atom is -0.496 e. The Bertz CT molecular complexity index is 1520. The van der Waals surface area contributed by atoms with E-state index in [4.69, 9.17) is 9.47 Å². The zero-order chi connectivity index (χ0) is 27.1. The van der Waals surface area contributed by atoms with Crippen LogP contribution in [0, 0.1) is 5.82 Å². The summed E-state index contributed by atoms with van der Waals surface area (Å²) in [6.07, 6.45) is 4.23. The number of benzene rings is 2. The number of nitrogens with zero attached hydrogens (tertiary/aromatic N) is 3. The second kappa shape index (κ2) is 10.2. The van der Waals surface area contributed by atoms with Crippen LogP contribution in [0.4, 0.5) is 10.2 Å². The zero-order valence-electron chi connectivity index (χ0n) is 22.5. The number of H-pyrrole nitrogens is 1. The van der Waals surface area contributed by atoms with Crippen LogP contribution < -0.4 is 14.4 Å². The normalized spacial score (nSPS) is 15.7. The number of carbonyl (C=O) groups is 1. The first-order valence-corrected chi connectivity index (χ1v) is 13.6. The van der Waals surface area contributed by atoms with Crippen molar-refractivity contribution in [2.24, 2.45) is 0 Å². The Morgan fingerprint density at radius 2 is 1.77 bits per heavy atom. The van der Waals surface area contributed by atoms with Crippen molar-refractivity contribution in [2.75, 3.05) is 38.2 Å². The summed E-state index contributed by atoms with van der Waals surface area (Å²) in [5, 5.41) is 0.665. The highest BCUT2D eigenvalue weighted by Gasteiger charge is 2.29. The van der Waals surface area contributed by atoms with Crippen molar-refractivity contribution < 1.29 is 18.7 Å². The number of nitrogens with one attached hydrogen (secondary N) is 1. The molecule has 202 valence electrons. The Morgan fingerprint density at radius 3 is 2.49 bits per heavy atom. The van der Waals surface area contributed by atoms with E-state index in [-0.39, 0.29) is 23.7 Å². The quantitative estimate of drug-likeness (QED) is 0.318. The number of pyridine rings is 1. The van der Waals surface area contributed by atoms with Crippen LogP contribution in [0.5, 0.6) is 11.5 Å². The number of para-hydroxylation sites is 1. The molecule has 0 unspecified atom stereocenters. The fourth-order valence-corrected chi connectivity index (χ4v) is 5.28. The third-order valence-electron chi connectivity index (χ3n) is 7.57. The Labute approximate surface area is 227 Å². The van der Waals surface area contributed by atoms with Gasteiger partial charge in [-0.2, -0.15) is 0 Å². The smallest absolute Gasteiger partial charge is 0.270 e. The van der Waals surface area contributed by atoms with Crippen LogP contribution in [-0.4, -0.2) is 60.2 Å². The number of hydrogen-bond donors (Lipinski definition) is 1. The molecule has 1 aliphatic heterocycles. The fourth-order valence-electron chi connectivity index (χ4n) is 5.28. The molecule has 7 nitrogen and oxygen atoms in total. The molecule has 6 rings (SSSR count). The summed E-state index contributed by atoms with van der Waals surface area (Å²) in [7, 11) is 1.63. The number of ether oxygens (including phenoxy) is 2. The van der Waals surface area contributed by atoms with E-state index < -0.39 is 0 Å². The van der Waals surface area contributed by atoms with Gasteiger partial charge in [0.25, 0.3) is 5.91 Å². The van der Waals surface area contributed by atoms with Gasteiger partial charge in [0.05, 0.1) is 18.7 Å². The lowest BCUT2D eigenvalue weighted by atomic mass is 9.93. The first kappa shape index (κ1) is 25.2. The van der Waals surface area contributed by atoms with Crippen molar-refractivity contribution in [1.29, 1.82) is 0 Å². The summed E-state index contributed by atoms with van der Waals surface area (Å²) in [6.45, 7) is 6.28. The number of piperazine rings is 1. The van der Waals surface area contributed by atoms with Gasteiger partial charge in [-0.1, -0.05) is 32.0 Å². The van der Waals surface area contributed by atoms with Crippen LogP contribution in [-0.2, 0) is 0 Å². The van der Waals surface area contributed by atoms with Crippen LogP contribution in [0.2, 0.25) is 0 Å². The molecule has 2 fully saturated rings. The molecule has 1 saturated carbocycles. The van der Waals surface area contributed by atoms with Crippen molar-refractivity contribution in [1.82, 2.24) is 14.9 Å². The average molecular weight is 529 g/mol. The molecule has 8 heteroatoms. The monoisotopic (exact) mass is 528 g/mol. The summed E-state index contributed by atoms with van der Waals surface area (Å²) in [6, 6.07) is 15.2. The molecule has 1 aliphatic carbocycles. The second-order valence-corrected chi connectivity index (χ2v) is 10.6. The van der Waals surface area contributed by atoms with E-state index in [9.17, 15) is 4.79 Å². The average Bonchev–Trinajstić information content (AvgIpc) is 3.66. The maximum atomic E-state index is 15.7. The Hall–Kier alpha value is -4.07. The lowest BCUT2D eigenvalue weighted by Gasteiger charge is -2.35. The molecule has 0 atom stereocenters. The van der Waals surface area contributed by atoms with Gasteiger partial charge in [-0.3, -0.25) is 4.79 Å². The number of carbonyl (C=O) groups excluding carboxylic acids is 1. The van der Waals surface area contributed by atoms with Gasteiger partial charge in [-0.05, 0) is 60.2 Å². The van der Waals surface area contributed by atoms with Gasteiger partial charge in [0.2, 0.25) is 0 Å². The Morgan fingerprint density at radius 1 is 1.03 bits per heavy atom. The van der Waals surface area contributed by atoms with Crippen LogP contribution in [0.1, 0.15) is 48.7 Å². The maximum absolute atomic E-state index is 15.7. The van der Waals surface area contributed by atoms with E-state index >= 15 is 4.39 Å². The summed E-state index contributed by atoms with van der Waals surface area (Å²) >= 11 is 0. The first-order valence-electron chi connectivity index (χ1n) is 13.6. The molecule has 2 aromatic carbocycles. The Kier molecular flexibility index (Phi) is 6.62. The van der Waals surface area contributed by atoms with E-state index in [2.05, 4.69) is 14.9 Å². The van der Waals surface area contributed by atoms with Crippen molar-refractivity contribution >= 4 is 22.6 Å². The predicted octanol–water partition coefficient (Wildman–Crippen LogP) is 6.00. The number of rotatable bonds is 7. The summed E-state index contributed by atoms with van der Waals surface area (Å²) in [5.41, 5.74) is 3.02. The van der Waals surface area contributed by atoms with Crippen molar-refractivity contribution in [3.05, 3.63) is 71.8 Å². The lowest BCUT2D eigenvalue weighted by molar-refractivity contribution is 0.0741. The largest absolute Gasteiger partial charge is 0.496 e.